The molecule has 1 atom stereocenters. The van der Waals surface area contributed by atoms with Gasteiger partial charge in [0, 0.05) is 19.0 Å². The van der Waals surface area contributed by atoms with Gasteiger partial charge in [-0.3, -0.25) is 14.4 Å². The van der Waals surface area contributed by atoms with Crippen molar-refractivity contribution in [1.82, 2.24) is 9.62 Å². The summed E-state index contributed by atoms with van der Waals surface area (Å²) in [6.07, 6.45) is 3.87. The summed E-state index contributed by atoms with van der Waals surface area (Å²) in [5, 5.41) is 2.26. The third-order valence-electron chi connectivity index (χ3n) is 4.31. The number of carbonyl (C=O) groups is 3. The van der Waals surface area contributed by atoms with E-state index in [-0.39, 0.29) is 37.5 Å². The van der Waals surface area contributed by atoms with Gasteiger partial charge < -0.3 is 5.32 Å². The standard InChI is InChI=1S/C17H25N3O5S/c1-12(2)7-8-16(23)20(13-5-3-9-18-11-15(13)22)26(24,25)17-14(21)6-4-10-19-17/h4,10,12-13,18H,3,5-9,11H2,1-2H3/t13-/m0/s1. The maximum absolute atomic E-state index is 13.1. The van der Waals surface area contributed by atoms with Gasteiger partial charge in [0.25, 0.3) is 10.0 Å². The summed E-state index contributed by atoms with van der Waals surface area (Å²) in [7, 11) is -4.48. The number of ketones is 2. The second-order valence-corrected chi connectivity index (χ2v) is 8.60. The van der Waals surface area contributed by atoms with E-state index in [0.29, 0.717) is 23.7 Å². The Morgan fingerprint density at radius 1 is 1.38 bits per heavy atom. The van der Waals surface area contributed by atoms with Crippen LogP contribution in [0.25, 0.3) is 0 Å². The van der Waals surface area contributed by atoms with Gasteiger partial charge in [0.2, 0.25) is 11.0 Å². The van der Waals surface area contributed by atoms with Crippen molar-refractivity contribution in [3.8, 4) is 0 Å². The molecule has 1 fully saturated rings. The zero-order valence-electron chi connectivity index (χ0n) is 15.1. The highest BCUT2D eigenvalue weighted by molar-refractivity contribution is 8.06. The van der Waals surface area contributed by atoms with Crippen molar-refractivity contribution in [2.24, 2.45) is 10.9 Å². The van der Waals surface area contributed by atoms with E-state index in [9.17, 15) is 22.8 Å². The topological polar surface area (TPSA) is 113 Å². The van der Waals surface area contributed by atoms with Crippen LogP contribution in [0.15, 0.2) is 17.3 Å². The van der Waals surface area contributed by atoms with Crippen molar-refractivity contribution < 1.29 is 22.8 Å². The fourth-order valence-electron chi connectivity index (χ4n) is 2.90. The van der Waals surface area contributed by atoms with Gasteiger partial charge in [-0.15, -0.1) is 0 Å². The van der Waals surface area contributed by atoms with Crippen LogP contribution in [0.1, 0.15) is 46.0 Å². The predicted molar refractivity (Wildman–Crippen MR) is 96.9 cm³/mol. The summed E-state index contributed by atoms with van der Waals surface area (Å²) in [4.78, 5) is 41.0. The van der Waals surface area contributed by atoms with Crippen LogP contribution >= 0.6 is 0 Å². The summed E-state index contributed by atoms with van der Waals surface area (Å²) in [5.41, 5.74) is 0. The van der Waals surface area contributed by atoms with E-state index in [2.05, 4.69) is 10.3 Å². The van der Waals surface area contributed by atoms with Crippen LogP contribution in [-0.4, -0.2) is 54.4 Å². The van der Waals surface area contributed by atoms with Crippen LogP contribution < -0.4 is 5.32 Å². The monoisotopic (exact) mass is 383 g/mol. The summed E-state index contributed by atoms with van der Waals surface area (Å²) in [5.74, 6) is -1.51. The number of hydrogen-bond donors (Lipinski definition) is 1. The number of allylic oxidation sites excluding steroid dienone is 1. The Hall–Kier alpha value is -1.87. The minimum atomic E-state index is -4.48. The summed E-state index contributed by atoms with van der Waals surface area (Å²) in [6.45, 7) is 4.41. The van der Waals surface area contributed by atoms with Crippen molar-refractivity contribution in [1.29, 1.82) is 0 Å². The number of nitrogens with zero attached hydrogens (tertiary/aromatic N) is 2. The number of Topliss-reactive ketones (excluding diaryl/α,β-unsaturated/α-hetero) is 2. The summed E-state index contributed by atoms with van der Waals surface area (Å²) >= 11 is 0. The molecule has 2 aliphatic heterocycles. The molecular weight excluding hydrogens is 358 g/mol. The fourth-order valence-corrected chi connectivity index (χ4v) is 4.57. The first-order valence-electron chi connectivity index (χ1n) is 8.82. The van der Waals surface area contributed by atoms with E-state index in [4.69, 9.17) is 0 Å². The number of rotatable bonds is 4. The average Bonchev–Trinajstić information content (AvgIpc) is 2.78. The van der Waals surface area contributed by atoms with Crippen molar-refractivity contribution in [2.45, 2.75) is 52.0 Å². The maximum atomic E-state index is 13.1. The first kappa shape index (κ1) is 20.4. The molecule has 0 unspecified atom stereocenters. The molecule has 0 radical (unpaired) electrons. The van der Waals surface area contributed by atoms with Crippen molar-refractivity contribution in [3.05, 3.63) is 12.3 Å². The Morgan fingerprint density at radius 3 is 2.77 bits per heavy atom. The summed E-state index contributed by atoms with van der Waals surface area (Å²) < 4.78 is 26.8. The molecule has 1 saturated heterocycles. The van der Waals surface area contributed by atoms with Gasteiger partial charge in [0.15, 0.2) is 11.6 Å². The first-order valence-corrected chi connectivity index (χ1v) is 10.3. The highest BCUT2D eigenvalue weighted by Gasteiger charge is 2.43. The molecule has 0 saturated carbocycles. The van der Waals surface area contributed by atoms with Crippen molar-refractivity contribution in [2.75, 3.05) is 13.1 Å². The number of amides is 1. The molecule has 1 amide bonds. The number of carbonyl (C=O) groups excluding carboxylic acids is 3. The highest BCUT2D eigenvalue weighted by atomic mass is 32.2. The Labute approximate surface area is 153 Å². The molecule has 0 aromatic carbocycles. The molecule has 0 spiro atoms. The van der Waals surface area contributed by atoms with Gasteiger partial charge in [0.05, 0.1) is 6.54 Å². The molecule has 26 heavy (non-hydrogen) atoms. The molecule has 2 heterocycles. The molecule has 0 aliphatic carbocycles. The molecule has 9 heteroatoms. The van der Waals surface area contributed by atoms with Crippen LogP contribution in [0, 0.1) is 5.92 Å². The van der Waals surface area contributed by atoms with Crippen LogP contribution in [-0.2, 0) is 24.4 Å². The first-order chi connectivity index (χ1) is 12.2. The molecule has 2 aliphatic rings. The quantitative estimate of drug-likeness (QED) is 0.768. The number of hydrogen-bond acceptors (Lipinski definition) is 7. The fraction of sp³-hybridized carbons (Fsp3) is 0.647. The van der Waals surface area contributed by atoms with Crippen LogP contribution in [0.3, 0.4) is 0 Å². The largest absolute Gasteiger partial charge is 0.310 e. The van der Waals surface area contributed by atoms with Gasteiger partial charge in [-0.05, 0) is 31.7 Å². The van der Waals surface area contributed by atoms with Crippen LogP contribution in [0.5, 0.6) is 0 Å². The second kappa shape index (κ2) is 8.68. The van der Waals surface area contributed by atoms with Gasteiger partial charge in [-0.25, -0.2) is 9.30 Å². The Bertz CT molecular complexity index is 739. The smallest absolute Gasteiger partial charge is 0.288 e. The average molecular weight is 383 g/mol. The van der Waals surface area contributed by atoms with E-state index in [0.717, 1.165) is 0 Å². The lowest BCUT2D eigenvalue weighted by molar-refractivity contribution is -0.133. The third-order valence-corrected chi connectivity index (χ3v) is 6.11. The minimum Gasteiger partial charge on any atom is -0.310 e. The van der Waals surface area contributed by atoms with E-state index < -0.39 is 32.8 Å². The van der Waals surface area contributed by atoms with Crippen LogP contribution in [0.4, 0.5) is 0 Å². The zero-order chi connectivity index (χ0) is 19.3. The zero-order valence-corrected chi connectivity index (χ0v) is 15.9. The third kappa shape index (κ3) is 4.64. The molecule has 0 aromatic rings. The molecule has 0 bridgehead atoms. The Kier molecular flexibility index (Phi) is 6.82. The molecule has 8 nitrogen and oxygen atoms in total. The van der Waals surface area contributed by atoms with Crippen molar-refractivity contribution >= 4 is 32.5 Å². The number of nitrogens with one attached hydrogen (secondary N) is 1. The maximum Gasteiger partial charge on any atom is 0.288 e. The molecule has 144 valence electrons. The second-order valence-electron chi connectivity index (χ2n) is 6.87. The number of sulfonamides is 1. The number of aliphatic imine (C=N–C) groups is 1. The van der Waals surface area contributed by atoms with E-state index in [1.807, 2.05) is 13.8 Å². The summed E-state index contributed by atoms with van der Waals surface area (Å²) in [6, 6.07) is -1.10. The van der Waals surface area contributed by atoms with E-state index in [1.165, 1.54) is 12.3 Å². The Balaban J connectivity index is 2.43. The Morgan fingerprint density at radius 2 is 2.12 bits per heavy atom. The lowest BCUT2D eigenvalue weighted by atomic mass is 10.1. The van der Waals surface area contributed by atoms with Gasteiger partial charge in [0.1, 0.15) is 6.04 Å². The van der Waals surface area contributed by atoms with Gasteiger partial charge >= 0.3 is 0 Å². The SMILES string of the molecule is CC(C)CCC(=O)N([C@H]1CCCNCC1=O)S(=O)(=O)C1=NC=CCC1=O. The lowest BCUT2D eigenvalue weighted by Gasteiger charge is -2.29. The van der Waals surface area contributed by atoms with Gasteiger partial charge in [-0.1, -0.05) is 19.9 Å². The highest BCUT2D eigenvalue weighted by Crippen LogP contribution is 2.21. The van der Waals surface area contributed by atoms with Crippen molar-refractivity contribution in [3.63, 3.8) is 0 Å². The molecular formula is C17H25N3O5S. The molecule has 0 aromatic heterocycles. The lowest BCUT2D eigenvalue weighted by Crippen LogP contribution is -2.52. The van der Waals surface area contributed by atoms with E-state index >= 15 is 0 Å². The van der Waals surface area contributed by atoms with E-state index in [1.54, 1.807) is 0 Å². The minimum absolute atomic E-state index is 0.00548. The van der Waals surface area contributed by atoms with Gasteiger partial charge in [-0.2, -0.15) is 8.42 Å². The van der Waals surface area contributed by atoms with Crippen LogP contribution in [0.2, 0.25) is 0 Å². The molecule has 2 rings (SSSR count). The molecule has 1 N–H and O–H groups in total. The predicted octanol–water partition coefficient (Wildman–Crippen LogP) is 0.787. The normalized spacial score (nSPS) is 21.5.